The smallest absolute Gasteiger partial charge is 0.122 e. The Hall–Kier alpha value is -1.28. The van der Waals surface area contributed by atoms with Crippen molar-refractivity contribution in [2.75, 3.05) is 6.61 Å². The molecule has 0 N–H and O–H groups in total. The van der Waals surface area contributed by atoms with Crippen LogP contribution in [0.2, 0.25) is 0 Å². The third kappa shape index (κ3) is 2.42. The van der Waals surface area contributed by atoms with Gasteiger partial charge in [-0.3, -0.25) is 0 Å². The van der Waals surface area contributed by atoms with E-state index in [1.165, 1.54) is 27.8 Å². The Labute approximate surface area is 122 Å². The minimum absolute atomic E-state index is 0.248. The maximum atomic E-state index is 5.56. The molecule has 0 radical (unpaired) electrons. The van der Waals surface area contributed by atoms with Gasteiger partial charge in [0, 0.05) is 6.42 Å². The lowest BCUT2D eigenvalue weighted by Crippen LogP contribution is -1.95. The second-order valence-corrected chi connectivity index (χ2v) is 6.09. The molecule has 19 heavy (non-hydrogen) atoms. The largest absolute Gasteiger partial charge is 0.493 e. The summed E-state index contributed by atoms with van der Waals surface area (Å²) in [5, 5.41) is 0. The lowest BCUT2D eigenvalue weighted by atomic mass is 9.99. The van der Waals surface area contributed by atoms with Crippen LogP contribution in [-0.2, 0) is 6.42 Å². The molecule has 1 aliphatic rings. The van der Waals surface area contributed by atoms with Gasteiger partial charge in [-0.1, -0.05) is 46.3 Å². The third-order valence-electron chi connectivity index (χ3n) is 3.83. The molecule has 1 heterocycles. The number of hydrogen-bond donors (Lipinski definition) is 0. The third-order valence-corrected chi connectivity index (χ3v) is 4.89. The normalized spacial score (nSPS) is 14.9. The van der Waals surface area contributed by atoms with Crippen molar-refractivity contribution >= 4 is 15.9 Å². The second kappa shape index (κ2) is 5.01. The molecule has 0 spiro atoms. The SMILES string of the molecule is Cc1ccc(C(Br)c2ccc3c(c2)CCO3)cc1C. The summed E-state index contributed by atoms with van der Waals surface area (Å²) in [7, 11) is 0. The molecule has 2 aromatic carbocycles. The molecule has 3 rings (SSSR count). The van der Waals surface area contributed by atoms with E-state index in [0.717, 1.165) is 18.8 Å². The molecule has 1 unspecified atom stereocenters. The van der Waals surface area contributed by atoms with Gasteiger partial charge in [-0.25, -0.2) is 0 Å². The number of benzene rings is 2. The molecule has 98 valence electrons. The van der Waals surface area contributed by atoms with Crippen LogP contribution in [0.25, 0.3) is 0 Å². The van der Waals surface area contributed by atoms with Crippen LogP contribution < -0.4 is 4.74 Å². The van der Waals surface area contributed by atoms with Gasteiger partial charge in [-0.05, 0) is 47.7 Å². The van der Waals surface area contributed by atoms with Crippen LogP contribution in [-0.4, -0.2) is 6.61 Å². The van der Waals surface area contributed by atoms with E-state index in [0.29, 0.717) is 0 Å². The molecule has 2 aromatic rings. The van der Waals surface area contributed by atoms with Crippen LogP contribution >= 0.6 is 15.9 Å². The molecule has 1 atom stereocenters. The monoisotopic (exact) mass is 316 g/mol. The molecular formula is C17H17BrO. The van der Waals surface area contributed by atoms with E-state index in [2.05, 4.69) is 66.2 Å². The summed E-state index contributed by atoms with van der Waals surface area (Å²) in [5.74, 6) is 1.04. The summed E-state index contributed by atoms with van der Waals surface area (Å²) in [5.41, 5.74) is 6.61. The fourth-order valence-electron chi connectivity index (χ4n) is 2.48. The van der Waals surface area contributed by atoms with Crippen LogP contribution in [0.5, 0.6) is 5.75 Å². The van der Waals surface area contributed by atoms with Crippen LogP contribution in [0.1, 0.15) is 32.6 Å². The van der Waals surface area contributed by atoms with Crippen molar-refractivity contribution in [1.82, 2.24) is 0 Å². The van der Waals surface area contributed by atoms with Crippen molar-refractivity contribution in [2.45, 2.75) is 25.1 Å². The number of rotatable bonds is 2. The van der Waals surface area contributed by atoms with Gasteiger partial charge < -0.3 is 4.74 Å². The van der Waals surface area contributed by atoms with Gasteiger partial charge >= 0.3 is 0 Å². The fourth-order valence-corrected chi connectivity index (χ4v) is 3.05. The molecule has 0 bridgehead atoms. The first kappa shape index (κ1) is 12.7. The Morgan fingerprint density at radius 1 is 1.00 bits per heavy atom. The number of aryl methyl sites for hydroxylation is 2. The predicted molar refractivity (Wildman–Crippen MR) is 82.3 cm³/mol. The molecule has 1 aliphatic heterocycles. The van der Waals surface area contributed by atoms with Crippen LogP contribution in [0.3, 0.4) is 0 Å². The van der Waals surface area contributed by atoms with E-state index in [-0.39, 0.29) is 4.83 Å². The summed E-state index contributed by atoms with van der Waals surface area (Å²) in [6, 6.07) is 13.2. The Balaban J connectivity index is 1.94. The highest BCUT2D eigenvalue weighted by atomic mass is 79.9. The van der Waals surface area contributed by atoms with Gasteiger partial charge in [0.1, 0.15) is 5.75 Å². The molecular weight excluding hydrogens is 300 g/mol. The van der Waals surface area contributed by atoms with E-state index < -0.39 is 0 Å². The Morgan fingerprint density at radius 3 is 2.53 bits per heavy atom. The zero-order valence-corrected chi connectivity index (χ0v) is 12.8. The Morgan fingerprint density at radius 2 is 1.74 bits per heavy atom. The summed E-state index contributed by atoms with van der Waals surface area (Å²) in [6.45, 7) is 5.12. The second-order valence-electron chi connectivity index (χ2n) is 5.17. The van der Waals surface area contributed by atoms with Crippen molar-refractivity contribution in [3.8, 4) is 5.75 Å². The summed E-state index contributed by atoms with van der Waals surface area (Å²) in [6.07, 6.45) is 1.02. The molecule has 0 amide bonds. The molecule has 0 saturated heterocycles. The first-order valence-corrected chi connectivity index (χ1v) is 7.53. The van der Waals surface area contributed by atoms with Crippen molar-refractivity contribution in [1.29, 1.82) is 0 Å². The minimum atomic E-state index is 0.248. The zero-order valence-electron chi connectivity index (χ0n) is 11.2. The quantitative estimate of drug-likeness (QED) is 0.728. The molecule has 0 fully saturated rings. The van der Waals surface area contributed by atoms with Crippen molar-refractivity contribution in [3.05, 3.63) is 64.2 Å². The molecule has 2 heteroatoms. The van der Waals surface area contributed by atoms with Crippen molar-refractivity contribution < 1.29 is 4.74 Å². The van der Waals surface area contributed by atoms with Crippen molar-refractivity contribution in [2.24, 2.45) is 0 Å². The average Bonchev–Trinajstić information content (AvgIpc) is 2.88. The first-order valence-electron chi connectivity index (χ1n) is 6.62. The van der Waals surface area contributed by atoms with Gasteiger partial charge in [0.2, 0.25) is 0 Å². The maximum absolute atomic E-state index is 5.56. The van der Waals surface area contributed by atoms with E-state index >= 15 is 0 Å². The number of fused-ring (bicyclic) bond motifs is 1. The Kier molecular flexibility index (Phi) is 3.36. The van der Waals surface area contributed by atoms with Crippen LogP contribution in [0, 0.1) is 13.8 Å². The highest BCUT2D eigenvalue weighted by Gasteiger charge is 2.16. The molecule has 0 aromatic heterocycles. The van der Waals surface area contributed by atoms with Gasteiger partial charge in [-0.15, -0.1) is 0 Å². The zero-order chi connectivity index (χ0) is 13.4. The van der Waals surface area contributed by atoms with Crippen LogP contribution in [0.15, 0.2) is 36.4 Å². The number of halogens is 1. The summed E-state index contributed by atoms with van der Waals surface area (Å²) >= 11 is 3.82. The number of alkyl halides is 1. The van der Waals surface area contributed by atoms with E-state index in [1.54, 1.807) is 0 Å². The minimum Gasteiger partial charge on any atom is -0.493 e. The fraction of sp³-hybridized carbons (Fsp3) is 0.294. The number of hydrogen-bond acceptors (Lipinski definition) is 1. The molecule has 1 nitrogen and oxygen atoms in total. The van der Waals surface area contributed by atoms with Gasteiger partial charge in [0.15, 0.2) is 0 Å². The van der Waals surface area contributed by atoms with E-state index in [4.69, 9.17) is 4.74 Å². The highest BCUT2D eigenvalue weighted by Crippen LogP contribution is 2.35. The molecule has 0 aliphatic carbocycles. The lowest BCUT2D eigenvalue weighted by molar-refractivity contribution is 0.357. The predicted octanol–water partition coefficient (Wildman–Crippen LogP) is 4.72. The number of ether oxygens (including phenoxy) is 1. The summed E-state index contributed by atoms with van der Waals surface area (Å²) in [4.78, 5) is 0.248. The van der Waals surface area contributed by atoms with E-state index in [9.17, 15) is 0 Å². The Bertz CT molecular complexity index is 619. The van der Waals surface area contributed by atoms with Crippen molar-refractivity contribution in [3.63, 3.8) is 0 Å². The molecule has 0 saturated carbocycles. The highest BCUT2D eigenvalue weighted by molar-refractivity contribution is 9.09. The maximum Gasteiger partial charge on any atom is 0.122 e. The van der Waals surface area contributed by atoms with Gasteiger partial charge in [0.05, 0.1) is 11.4 Å². The summed E-state index contributed by atoms with van der Waals surface area (Å²) < 4.78 is 5.56. The topological polar surface area (TPSA) is 9.23 Å². The van der Waals surface area contributed by atoms with Gasteiger partial charge in [-0.2, -0.15) is 0 Å². The first-order chi connectivity index (χ1) is 9.15. The average molecular weight is 317 g/mol. The van der Waals surface area contributed by atoms with Crippen LogP contribution in [0.4, 0.5) is 0 Å². The standard InChI is InChI=1S/C17H17BrO/c1-11-3-4-14(9-12(11)2)17(18)15-5-6-16-13(10-15)7-8-19-16/h3-6,9-10,17H,7-8H2,1-2H3. The lowest BCUT2D eigenvalue weighted by Gasteiger charge is -2.13. The van der Waals surface area contributed by atoms with Gasteiger partial charge in [0.25, 0.3) is 0 Å². The van der Waals surface area contributed by atoms with E-state index in [1.807, 2.05) is 0 Å².